The lowest BCUT2D eigenvalue weighted by Gasteiger charge is -2.29. The second-order valence-electron chi connectivity index (χ2n) is 8.04. The predicted molar refractivity (Wildman–Crippen MR) is 108 cm³/mol. The van der Waals surface area contributed by atoms with Crippen LogP contribution < -0.4 is 5.56 Å². The van der Waals surface area contributed by atoms with Gasteiger partial charge in [0.2, 0.25) is 0 Å². The van der Waals surface area contributed by atoms with Gasteiger partial charge in [-0.25, -0.2) is 4.98 Å². The Morgan fingerprint density at radius 3 is 2.61 bits per heavy atom. The van der Waals surface area contributed by atoms with E-state index in [1.807, 2.05) is 26.8 Å². The number of benzene rings is 1. The molecule has 2 atom stereocenters. The summed E-state index contributed by atoms with van der Waals surface area (Å²) in [6.07, 6.45) is 5.38. The minimum atomic E-state index is -0.487. The van der Waals surface area contributed by atoms with Crippen molar-refractivity contribution in [2.24, 2.45) is 0 Å². The number of fused-ring (bicyclic) bond motifs is 1. The number of aromatic nitrogens is 3. The van der Waals surface area contributed by atoms with Crippen LogP contribution in [0.1, 0.15) is 65.4 Å². The summed E-state index contributed by atoms with van der Waals surface area (Å²) >= 11 is 0. The second-order valence-corrected chi connectivity index (χ2v) is 8.04. The van der Waals surface area contributed by atoms with E-state index in [4.69, 9.17) is 4.52 Å². The van der Waals surface area contributed by atoms with Crippen molar-refractivity contribution in [3.8, 4) is 0 Å². The molecule has 4 rings (SSSR count). The minimum Gasteiger partial charge on any atom is -0.391 e. The maximum absolute atomic E-state index is 13.3. The first-order valence-corrected chi connectivity index (χ1v) is 9.98. The molecule has 1 aliphatic carbocycles. The maximum Gasteiger partial charge on any atom is 0.261 e. The molecule has 6 heteroatoms. The van der Waals surface area contributed by atoms with Gasteiger partial charge in [0.25, 0.3) is 5.56 Å². The van der Waals surface area contributed by atoms with E-state index in [0.717, 1.165) is 64.9 Å². The highest BCUT2D eigenvalue weighted by atomic mass is 16.5. The maximum atomic E-state index is 13.3. The number of hydrogen-bond donors (Lipinski definition) is 1. The van der Waals surface area contributed by atoms with Crippen molar-refractivity contribution < 1.29 is 9.63 Å². The minimum absolute atomic E-state index is 0.0703. The van der Waals surface area contributed by atoms with Gasteiger partial charge in [-0.2, -0.15) is 0 Å². The number of rotatable bonds is 3. The zero-order valence-electron chi connectivity index (χ0n) is 17.0. The van der Waals surface area contributed by atoms with Crippen LogP contribution in [0, 0.1) is 27.7 Å². The van der Waals surface area contributed by atoms with Crippen molar-refractivity contribution in [2.45, 2.75) is 71.9 Å². The summed E-state index contributed by atoms with van der Waals surface area (Å²) < 4.78 is 6.94. The number of aryl methyl sites for hydroxylation is 3. The summed E-state index contributed by atoms with van der Waals surface area (Å²) in [5, 5.41) is 15.1. The Labute approximate surface area is 164 Å². The molecule has 0 unspecified atom stereocenters. The highest BCUT2D eigenvalue weighted by molar-refractivity contribution is 5.83. The van der Waals surface area contributed by atoms with Crippen molar-refractivity contribution in [1.29, 1.82) is 0 Å². The largest absolute Gasteiger partial charge is 0.391 e. The number of aliphatic hydroxyl groups is 1. The zero-order chi connectivity index (χ0) is 20.0. The molecule has 0 radical (unpaired) electrons. The summed E-state index contributed by atoms with van der Waals surface area (Å²) in [5.74, 6) is 0.809. The van der Waals surface area contributed by atoms with E-state index < -0.39 is 6.10 Å². The lowest BCUT2D eigenvalue weighted by Crippen LogP contribution is -2.34. The monoisotopic (exact) mass is 381 g/mol. The molecule has 0 spiro atoms. The van der Waals surface area contributed by atoms with Gasteiger partial charge in [-0.15, -0.1) is 0 Å². The molecule has 2 heterocycles. The molecule has 148 valence electrons. The van der Waals surface area contributed by atoms with Crippen molar-refractivity contribution in [3.63, 3.8) is 0 Å². The van der Waals surface area contributed by atoms with Gasteiger partial charge >= 0.3 is 0 Å². The second kappa shape index (κ2) is 7.17. The molecule has 3 aromatic rings. The van der Waals surface area contributed by atoms with E-state index in [1.54, 1.807) is 10.9 Å². The Morgan fingerprint density at radius 2 is 1.93 bits per heavy atom. The number of aliphatic hydroxyl groups excluding tert-OH is 1. The summed E-state index contributed by atoms with van der Waals surface area (Å²) in [6, 6.07) is 1.77. The molecule has 28 heavy (non-hydrogen) atoms. The van der Waals surface area contributed by atoms with E-state index in [-0.39, 0.29) is 11.6 Å². The predicted octanol–water partition coefficient (Wildman–Crippen LogP) is 3.68. The fourth-order valence-corrected chi connectivity index (χ4v) is 4.39. The average Bonchev–Trinajstić information content (AvgIpc) is 2.99. The van der Waals surface area contributed by atoms with Gasteiger partial charge < -0.3 is 9.63 Å². The van der Waals surface area contributed by atoms with E-state index in [9.17, 15) is 9.90 Å². The first-order valence-electron chi connectivity index (χ1n) is 9.98. The highest BCUT2D eigenvalue weighted by Gasteiger charge is 2.26. The highest BCUT2D eigenvalue weighted by Crippen LogP contribution is 2.29. The summed E-state index contributed by atoms with van der Waals surface area (Å²) in [6.45, 7) is 7.94. The topological polar surface area (TPSA) is 81.2 Å². The molecule has 1 N–H and O–H groups in total. The van der Waals surface area contributed by atoms with Gasteiger partial charge in [0.05, 0.1) is 35.1 Å². The molecule has 0 amide bonds. The number of nitrogens with zero attached hydrogens (tertiary/aromatic N) is 3. The van der Waals surface area contributed by atoms with Crippen molar-refractivity contribution in [1.82, 2.24) is 14.7 Å². The van der Waals surface area contributed by atoms with Gasteiger partial charge in [-0.1, -0.05) is 18.0 Å². The molecule has 0 saturated heterocycles. The molecular weight excluding hydrogens is 354 g/mol. The van der Waals surface area contributed by atoms with Crippen LogP contribution in [0.2, 0.25) is 0 Å². The van der Waals surface area contributed by atoms with Crippen molar-refractivity contribution in [3.05, 3.63) is 56.5 Å². The fourth-order valence-electron chi connectivity index (χ4n) is 4.39. The lowest BCUT2D eigenvalue weighted by molar-refractivity contribution is 0.0735. The lowest BCUT2D eigenvalue weighted by atomic mass is 9.92. The molecular formula is C22H27N3O3. The van der Waals surface area contributed by atoms with Gasteiger partial charge in [-0.05, 0) is 63.3 Å². The van der Waals surface area contributed by atoms with Gasteiger partial charge in [0, 0.05) is 12.0 Å². The third-order valence-corrected chi connectivity index (χ3v) is 6.35. The van der Waals surface area contributed by atoms with Gasteiger partial charge in [0.15, 0.2) is 0 Å². The number of hydrogen-bond acceptors (Lipinski definition) is 5. The van der Waals surface area contributed by atoms with Crippen LogP contribution in [0.25, 0.3) is 10.9 Å². The van der Waals surface area contributed by atoms with Crippen molar-refractivity contribution in [2.75, 3.05) is 0 Å². The normalized spacial score (nSPS) is 20.0. The summed E-state index contributed by atoms with van der Waals surface area (Å²) in [4.78, 5) is 17.9. The van der Waals surface area contributed by atoms with Crippen LogP contribution in [0.4, 0.5) is 0 Å². The summed E-state index contributed by atoms with van der Waals surface area (Å²) in [5.41, 5.74) is 5.85. The molecule has 1 aromatic carbocycles. The van der Waals surface area contributed by atoms with Crippen LogP contribution in [0.15, 0.2) is 21.7 Å². The van der Waals surface area contributed by atoms with Crippen LogP contribution >= 0.6 is 0 Å². The molecule has 0 aliphatic heterocycles. The Morgan fingerprint density at radius 1 is 1.18 bits per heavy atom. The van der Waals surface area contributed by atoms with Gasteiger partial charge in [-0.3, -0.25) is 9.36 Å². The molecule has 2 aromatic heterocycles. The Hall–Kier alpha value is -2.47. The fraction of sp³-hybridized carbons (Fsp3) is 0.500. The van der Waals surface area contributed by atoms with E-state index >= 15 is 0 Å². The average molecular weight is 381 g/mol. The third-order valence-electron chi connectivity index (χ3n) is 6.35. The quantitative estimate of drug-likeness (QED) is 0.748. The van der Waals surface area contributed by atoms with Crippen LogP contribution in [0.3, 0.4) is 0 Å². The molecule has 1 saturated carbocycles. The van der Waals surface area contributed by atoms with Crippen molar-refractivity contribution >= 4 is 10.9 Å². The smallest absolute Gasteiger partial charge is 0.261 e. The molecule has 1 fully saturated rings. The Bertz CT molecular complexity index is 1080. The SMILES string of the molecule is Cc1noc(C)c1Cc1cc2c(=O)n([C@@H]3CCCC[C@H]3O)cnc2c(C)c1C. The molecule has 6 nitrogen and oxygen atoms in total. The van der Waals surface area contributed by atoms with Crippen LogP contribution in [-0.4, -0.2) is 25.9 Å². The molecule has 0 bridgehead atoms. The van der Waals surface area contributed by atoms with E-state index in [1.165, 1.54) is 0 Å². The Kier molecular flexibility index (Phi) is 4.83. The Balaban J connectivity index is 1.85. The van der Waals surface area contributed by atoms with Crippen LogP contribution in [-0.2, 0) is 6.42 Å². The first kappa shape index (κ1) is 18.9. The standard InChI is InChI=1S/C22H27N3O3/c1-12-13(2)21-18(10-16(12)9-17-14(3)24-28-15(17)4)22(27)25(11-23-21)19-7-5-6-8-20(19)26/h10-11,19-20,26H,5-9H2,1-4H3/t19-,20-/m1/s1. The van der Waals surface area contributed by atoms with E-state index in [2.05, 4.69) is 17.1 Å². The van der Waals surface area contributed by atoms with E-state index in [0.29, 0.717) is 11.8 Å². The zero-order valence-corrected chi connectivity index (χ0v) is 17.0. The summed E-state index contributed by atoms with van der Waals surface area (Å²) in [7, 11) is 0. The molecule has 1 aliphatic rings. The van der Waals surface area contributed by atoms with Gasteiger partial charge in [0.1, 0.15) is 5.76 Å². The first-order chi connectivity index (χ1) is 13.4. The van der Waals surface area contributed by atoms with Crippen LogP contribution in [0.5, 0.6) is 0 Å². The third kappa shape index (κ3) is 3.05.